The Bertz CT molecular complexity index is 677. The molecule has 0 saturated heterocycles. The molecule has 0 aromatic carbocycles. The summed E-state index contributed by atoms with van der Waals surface area (Å²) in [5.41, 5.74) is 0.750. The molecule has 1 amide bonds. The number of carbonyl (C=O) groups is 2. The lowest BCUT2D eigenvalue weighted by Crippen LogP contribution is -2.13. The number of aromatic nitrogens is 2. The van der Waals surface area contributed by atoms with E-state index in [9.17, 15) is 9.59 Å². The fourth-order valence-corrected chi connectivity index (χ4v) is 3.38. The molecule has 1 fully saturated rings. The molecule has 0 aliphatic heterocycles. The van der Waals surface area contributed by atoms with E-state index in [1.54, 1.807) is 19.2 Å². The van der Waals surface area contributed by atoms with Crippen molar-refractivity contribution in [3.05, 3.63) is 28.6 Å². The third-order valence-electron chi connectivity index (χ3n) is 3.43. The average molecular weight is 305 g/mol. The maximum Gasteiger partial charge on any atom is 0.233 e. The molecule has 1 aliphatic carbocycles. The second-order valence-electron chi connectivity index (χ2n) is 5.21. The van der Waals surface area contributed by atoms with Crippen LogP contribution < -0.4 is 5.32 Å². The van der Waals surface area contributed by atoms with Gasteiger partial charge in [-0.25, -0.2) is 4.98 Å². The summed E-state index contributed by atoms with van der Waals surface area (Å²) in [6, 6.07) is 1.73. The van der Waals surface area contributed by atoms with Crippen molar-refractivity contribution in [1.29, 1.82) is 0 Å². The summed E-state index contributed by atoms with van der Waals surface area (Å²) in [6.07, 6.45) is 4.01. The number of aryl methyl sites for hydroxylation is 1. The average Bonchev–Trinajstić information content (AvgIpc) is 3.12. The zero-order chi connectivity index (χ0) is 14.8. The first kappa shape index (κ1) is 13.9. The Morgan fingerprint density at radius 3 is 3.10 bits per heavy atom. The van der Waals surface area contributed by atoms with Gasteiger partial charge in [0.2, 0.25) is 5.91 Å². The van der Waals surface area contributed by atoms with Gasteiger partial charge < -0.3 is 9.84 Å². The van der Waals surface area contributed by atoms with E-state index < -0.39 is 0 Å². The number of ketones is 1. The van der Waals surface area contributed by atoms with Crippen molar-refractivity contribution >= 4 is 28.2 Å². The van der Waals surface area contributed by atoms with Crippen LogP contribution in [0.15, 0.2) is 16.8 Å². The molecule has 1 atom stereocenters. The topological polar surface area (TPSA) is 85.1 Å². The van der Waals surface area contributed by atoms with Gasteiger partial charge in [-0.3, -0.25) is 9.59 Å². The van der Waals surface area contributed by atoms with Crippen LogP contribution in [0.4, 0.5) is 5.13 Å². The number of thiazole rings is 1. The molecule has 2 aromatic rings. The minimum absolute atomic E-state index is 0.137. The number of carbonyl (C=O) groups excluding carboxylic acids is 2. The molecule has 1 unspecified atom stereocenters. The molecule has 110 valence electrons. The van der Waals surface area contributed by atoms with Crippen LogP contribution in [0, 0.1) is 6.92 Å². The molecule has 0 bridgehead atoms. The largest absolute Gasteiger partial charge is 0.361 e. The number of nitrogens with one attached hydrogen (secondary N) is 1. The van der Waals surface area contributed by atoms with Crippen LogP contribution in [0.3, 0.4) is 0 Å². The van der Waals surface area contributed by atoms with E-state index in [0.29, 0.717) is 29.5 Å². The molecule has 2 aromatic heterocycles. The number of rotatable bonds is 4. The summed E-state index contributed by atoms with van der Waals surface area (Å²) in [6.45, 7) is 1.81. The number of nitrogens with zero attached hydrogens (tertiary/aromatic N) is 2. The molecule has 21 heavy (non-hydrogen) atoms. The lowest BCUT2D eigenvalue weighted by Gasteiger charge is -2.02. The minimum Gasteiger partial charge on any atom is -0.361 e. The van der Waals surface area contributed by atoms with Crippen LogP contribution in [0.2, 0.25) is 0 Å². The van der Waals surface area contributed by atoms with Crippen molar-refractivity contribution in [3.63, 3.8) is 0 Å². The summed E-state index contributed by atoms with van der Waals surface area (Å²) >= 11 is 1.43. The van der Waals surface area contributed by atoms with Gasteiger partial charge in [-0.2, -0.15) is 0 Å². The molecule has 1 aliphatic rings. The zero-order valence-corrected chi connectivity index (χ0v) is 12.4. The lowest BCUT2D eigenvalue weighted by molar-refractivity contribution is -0.117. The van der Waals surface area contributed by atoms with E-state index in [-0.39, 0.29) is 18.2 Å². The molecule has 0 spiro atoms. The van der Waals surface area contributed by atoms with Crippen LogP contribution in [-0.4, -0.2) is 21.8 Å². The molecular weight excluding hydrogens is 290 g/mol. The second kappa shape index (κ2) is 5.77. The number of hydrogen-bond donors (Lipinski definition) is 1. The normalized spacial score (nSPS) is 18.1. The summed E-state index contributed by atoms with van der Waals surface area (Å²) in [4.78, 5) is 28.5. The molecule has 3 rings (SSSR count). The van der Waals surface area contributed by atoms with Crippen molar-refractivity contribution in [2.45, 2.75) is 38.5 Å². The first-order chi connectivity index (χ1) is 10.1. The Morgan fingerprint density at radius 2 is 2.43 bits per heavy atom. The van der Waals surface area contributed by atoms with Gasteiger partial charge in [0.1, 0.15) is 11.5 Å². The molecule has 6 nitrogen and oxygen atoms in total. The predicted molar refractivity (Wildman–Crippen MR) is 77.3 cm³/mol. The molecule has 1 saturated carbocycles. The van der Waals surface area contributed by atoms with E-state index in [4.69, 9.17) is 4.52 Å². The highest BCUT2D eigenvalue weighted by Crippen LogP contribution is 2.36. The quantitative estimate of drug-likeness (QED) is 0.937. The zero-order valence-electron chi connectivity index (χ0n) is 11.6. The third-order valence-corrected chi connectivity index (χ3v) is 4.50. The van der Waals surface area contributed by atoms with Crippen LogP contribution in [0.5, 0.6) is 0 Å². The van der Waals surface area contributed by atoms with Crippen molar-refractivity contribution in [1.82, 2.24) is 10.1 Å². The van der Waals surface area contributed by atoms with Crippen molar-refractivity contribution in [2.24, 2.45) is 0 Å². The van der Waals surface area contributed by atoms with Crippen molar-refractivity contribution in [2.75, 3.05) is 5.32 Å². The van der Waals surface area contributed by atoms with Gasteiger partial charge in [0.05, 0.1) is 12.1 Å². The van der Waals surface area contributed by atoms with Gasteiger partial charge in [-0.1, -0.05) is 5.16 Å². The lowest BCUT2D eigenvalue weighted by atomic mass is 10.1. The van der Waals surface area contributed by atoms with E-state index in [2.05, 4.69) is 15.5 Å². The summed E-state index contributed by atoms with van der Waals surface area (Å²) in [5.74, 6) is 0.912. The van der Waals surface area contributed by atoms with Gasteiger partial charge in [-0.15, -0.1) is 11.3 Å². The van der Waals surface area contributed by atoms with Crippen molar-refractivity contribution < 1.29 is 14.1 Å². The number of amides is 1. The monoisotopic (exact) mass is 305 g/mol. The molecule has 0 radical (unpaired) electrons. The van der Waals surface area contributed by atoms with Crippen molar-refractivity contribution in [3.8, 4) is 0 Å². The molecule has 2 heterocycles. The number of anilines is 1. The van der Waals surface area contributed by atoms with Crippen LogP contribution in [0.1, 0.15) is 41.5 Å². The van der Waals surface area contributed by atoms with Crippen LogP contribution >= 0.6 is 11.3 Å². The summed E-state index contributed by atoms with van der Waals surface area (Å²) in [7, 11) is 0. The van der Waals surface area contributed by atoms with Gasteiger partial charge >= 0.3 is 0 Å². The van der Waals surface area contributed by atoms with Crippen LogP contribution in [0.25, 0.3) is 0 Å². The molecular formula is C14H15N3O3S. The summed E-state index contributed by atoms with van der Waals surface area (Å²) in [5, 5.41) is 7.05. The fraction of sp³-hybridized carbons (Fsp3) is 0.429. The Kier molecular flexibility index (Phi) is 3.83. The fourth-order valence-electron chi connectivity index (χ4n) is 2.41. The highest BCUT2D eigenvalue weighted by molar-refractivity contribution is 7.15. The molecule has 1 N–H and O–H groups in total. The molecule has 7 heteroatoms. The van der Waals surface area contributed by atoms with Gasteiger partial charge in [-0.05, 0) is 13.3 Å². The Labute approximate surface area is 125 Å². The Balaban J connectivity index is 1.59. The van der Waals surface area contributed by atoms with Gasteiger partial charge in [0.25, 0.3) is 0 Å². The standard InChI is InChI=1S/C14H15N3O3S/c1-8-4-11(20-17-8)6-13(19)16-14-15-7-12(21-14)9-2-3-10(18)5-9/h4,7,9H,2-3,5-6H2,1H3,(H,15,16,19). The Hall–Kier alpha value is -2.02. The summed E-state index contributed by atoms with van der Waals surface area (Å²) < 4.78 is 5.01. The van der Waals surface area contributed by atoms with E-state index in [0.717, 1.165) is 17.0 Å². The second-order valence-corrected chi connectivity index (χ2v) is 6.27. The highest BCUT2D eigenvalue weighted by Gasteiger charge is 2.25. The van der Waals surface area contributed by atoms with E-state index in [1.165, 1.54) is 11.3 Å². The minimum atomic E-state index is -0.186. The third kappa shape index (κ3) is 3.36. The highest BCUT2D eigenvalue weighted by atomic mass is 32.1. The van der Waals surface area contributed by atoms with Gasteiger partial charge in [0, 0.05) is 35.9 Å². The van der Waals surface area contributed by atoms with Crippen LogP contribution in [-0.2, 0) is 16.0 Å². The smallest absolute Gasteiger partial charge is 0.233 e. The first-order valence-electron chi connectivity index (χ1n) is 6.79. The predicted octanol–water partition coefficient (Wildman–Crippen LogP) is 2.46. The van der Waals surface area contributed by atoms with E-state index in [1.807, 2.05) is 0 Å². The maximum absolute atomic E-state index is 11.9. The SMILES string of the molecule is Cc1cc(CC(=O)Nc2ncc(C3CCC(=O)C3)s2)on1. The Morgan fingerprint density at radius 1 is 1.57 bits per heavy atom. The number of Topliss-reactive ketones (excluding diaryl/α,β-unsaturated/α-hetero) is 1. The van der Waals surface area contributed by atoms with E-state index >= 15 is 0 Å². The van der Waals surface area contributed by atoms with Gasteiger partial charge in [0.15, 0.2) is 5.13 Å². The maximum atomic E-state index is 11.9. The first-order valence-corrected chi connectivity index (χ1v) is 7.61. The number of hydrogen-bond acceptors (Lipinski definition) is 6.